The van der Waals surface area contributed by atoms with Gasteiger partial charge in [-0.25, -0.2) is 0 Å². The molecule has 1 aliphatic rings. The van der Waals surface area contributed by atoms with Crippen LogP contribution >= 0.6 is 23.2 Å². The van der Waals surface area contributed by atoms with Crippen LogP contribution in [0, 0.1) is 0 Å². The lowest BCUT2D eigenvalue weighted by Gasteiger charge is -2.12. The van der Waals surface area contributed by atoms with E-state index < -0.39 is 22.1 Å². The van der Waals surface area contributed by atoms with Gasteiger partial charge in [0.25, 0.3) is 16.0 Å². The fraction of sp³-hybridized carbons (Fsp3) is 0.125. The monoisotopic (exact) mass is 426 g/mol. The summed E-state index contributed by atoms with van der Waals surface area (Å²) in [6.07, 6.45) is 0. The number of amides is 1. The SMILES string of the molecule is CC1=NN(c2ccc(Cl)cc2)C(=O)C1N=Nc1cc(S(=O)(=O)O)ccc1Cl. The Hall–Kier alpha value is -2.33. The third-order valence-electron chi connectivity index (χ3n) is 3.66. The first-order valence-electron chi connectivity index (χ1n) is 7.49. The van der Waals surface area contributed by atoms with Crippen LogP contribution in [-0.4, -0.2) is 30.6 Å². The number of halogens is 2. The van der Waals surface area contributed by atoms with E-state index in [1.165, 1.54) is 11.1 Å². The second kappa shape index (κ2) is 7.35. The number of hydrogen-bond donors (Lipinski definition) is 1. The minimum absolute atomic E-state index is 0.00247. The van der Waals surface area contributed by atoms with Gasteiger partial charge in [-0.15, -0.1) is 0 Å². The molecule has 0 fully saturated rings. The van der Waals surface area contributed by atoms with Gasteiger partial charge in [0.2, 0.25) is 0 Å². The van der Waals surface area contributed by atoms with Crippen LogP contribution in [-0.2, 0) is 14.9 Å². The maximum atomic E-state index is 12.6. The van der Waals surface area contributed by atoms with Crippen LogP contribution < -0.4 is 5.01 Å². The van der Waals surface area contributed by atoms with Gasteiger partial charge in [0.15, 0.2) is 6.04 Å². The van der Waals surface area contributed by atoms with Crippen LogP contribution in [0.15, 0.2) is 62.7 Å². The molecule has 27 heavy (non-hydrogen) atoms. The van der Waals surface area contributed by atoms with Crippen LogP contribution in [0.1, 0.15) is 6.92 Å². The lowest BCUT2D eigenvalue weighted by atomic mass is 10.2. The highest BCUT2D eigenvalue weighted by Gasteiger charge is 2.34. The smallest absolute Gasteiger partial charge is 0.282 e. The number of carbonyl (C=O) groups excluding carboxylic acids is 1. The maximum Gasteiger partial charge on any atom is 0.294 e. The maximum absolute atomic E-state index is 12.6. The van der Waals surface area contributed by atoms with E-state index in [0.29, 0.717) is 16.4 Å². The molecule has 0 aromatic heterocycles. The van der Waals surface area contributed by atoms with Crippen molar-refractivity contribution < 1.29 is 17.8 Å². The zero-order valence-electron chi connectivity index (χ0n) is 13.7. The van der Waals surface area contributed by atoms with Gasteiger partial charge in [-0.05, 0) is 49.4 Å². The van der Waals surface area contributed by atoms with Gasteiger partial charge in [0, 0.05) is 5.02 Å². The quantitative estimate of drug-likeness (QED) is 0.584. The highest BCUT2D eigenvalue weighted by Crippen LogP contribution is 2.30. The highest BCUT2D eigenvalue weighted by atomic mass is 35.5. The zero-order chi connectivity index (χ0) is 19.8. The summed E-state index contributed by atoms with van der Waals surface area (Å²) >= 11 is 11.8. The van der Waals surface area contributed by atoms with Crippen LogP contribution in [0.3, 0.4) is 0 Å². The molecule has 140 valence electrons. The molecular weight excluding hydrogens is 415 g/mol. The Morgan fingerprint density at radius 3 is 2.44 bits per heavy atom. The van der Waals surface area contributed by atoms with Gasteiger partial charge in [0.05, 0.1) is 21.3 Å². The Morgan fingerprint density at radius 1 is 1.15 bits per heavy atom. The first-order valence-corrected chi connectivity index (χ1v) is 9.69. The second-order valence-corrected chi connectivity index (χ2v) is 7.84. The van der Waals surface area contributed by atoms with E-state index in [1.807, 2.05) is 0 Å². The molecule has 1 amide bonds. The molecular formula is C16H12Cl2N4O4S. The van der Waals surface area contributed by atoms with Crippen LogP contribution in [0.4, 0.5) is 11.4 Å². The van der Waals surface area contributed by atoms with E-state index in [0.717, 1.165) is 12.1 Å². The van der Waals surface area contributed by atoms with E-state index >= 15 is 0 Å². The zero-order valence-corrected chi connectivity index (χ0v) is 16.1. The molecule has 0 saturated heterocycles. The predicted molar refractivity (Wildman–Crippen MR) is 102 cm³/mol. The third-order valence-corrected chi connectivity index (χ3v) is 5.08. The molecule has 2 aromatic rings. The van der Waals surface area contributed by atoms with Crippen molar-refractivity contribution in [2.24, 2.45) is 15.3 Å². The van der Waals surface area contributed by atoms with E-state index in [1.54, 1.807) is 31.2 Å². The molecule has 0 spiro atoms. The lowest BCUT2D eigenvalue weighted by Crippen LogP contribution is -2.29. The predicted octanol–water partition coefficient (Wildman–Crippen LogP) is 4.12. The number of azo groups is 1. The topological polar surface area (TPSA) is 112 Å². The van der Waals surface area contributed by atoms with Gasteiger partial charge in [-0.2, -0.15) is 28.8 Å². The molecule has 1 atom stereocenters. The summed E-state index contributed by atoms with van der Waals surface area (Å²) in [6.45, 7) is 1.62. The number of benzene rings is 2. The summed E-state index contributed by atoms with van der Waals surface area (Å²) in [5.74, 6) is -0.430. The van der Waals surface area contributed by atoms with E-state index in [9.17, 15) is 13.2 Å². The molecule has 0 saturated carbocycles. The number of anilines is 1. The van der Waals surface area contributed by atoms with Crippen molar-refractivity contribution in [2.75, 3.05) is 5.01 Å². The summed E-state index contributed by atoms with van der Waals surface area (Å²) < 4.78 is 31.6. The highest BCUT2D eigenvalue weighted by molar-refractivity contribution is 7.85. The Labute approximate surface area is 164 Å². The van der Waals surface area contributed by atoms with Crippen molar-refractivity contribution in [1.29, 1.82) is 0 Å². The van der Waals surface area contributed by atoms with Crippen LogP contribution in [0.5, 0.6) is 0 Å². The number of rotatable bonds is 4. The molecule has 1 unspecified atom stereocenters. The molecule has 2 aromatic carbocycles. The number of carbonyl (C=O) groups is 1. The average Bonchev–Trinajstić information content (AvgIpc) is 2.88. The standard InChI is InChI=1S/C16H12Cl2N4O4S/c1-9-15(16(23)22(21-9)11-4-2-10(17)3-5-11)20-19-14-8-12(27(24,25)26)6-7-13(14)18/h2-8,15H,1H3,(H,24,25,26). The molecule has 1 aliphatic heterocycles. The van der Waals surface area contributed by atoms with Gasteiger partial charge < -0.3 is 0 Å². The van der Waals surface area contributed by atoms with Crippen molar-refractivity contribution in [3.8, 4) is 0 Å². The molecule has 3 rings (SSSR count). The minimum atomic E-state index is -4.42. The number of nitrogens with zero attached hydrogens (tertiary/aromatic N) is 4. The van der Waals surface area contributed by atoms with Crippen molar-refractivity contribution in [3.05, 3.63) is 52.5 Å². The molecule has 8 nitrogen and oxygen atoms in total. The number of hydrogen-bond acceptors (Lipinski definition) is 6. The Morgan fingerprint density at radius 2 is 1.81 bits per heavy atom. The fourth-order valence-corrected chi connectivity index (χ4v) is 3.09. The molecule has 1 heterocycles. The summed E-state index contributed by atoms with van der Waals surface area (Å²) in [5, 5.41) is 13.8. The van der Waals surface area contributed by atoms with Crippen LogP contribution in [0.2, 0.25) is 10.0 Å². The Balaban J connectivity index is 1.87. The normalized spacial score (nSPS) is 17.6. The van der Waals surface area contributed by atoms with Crippen LogP contribution in [0.25, 0.3) is 0 Å². The Bertz CT molecular complexity index is 1070. The largest absolute Gasteiger partial charge is 0.294 e. The lowest BCUT2D eigenvalue weighted by molar-refractivity contribution is -0.117. The summed E-state index contributed by atoms with van der Waals surface area (Å²) in [7, 11) is -4.42. The van der Waals surface area contributed by atoms with Gasteiger partial charge in [0.1, 0.15) is 5.69 Å². The van der Waals surface area contributed by atoms with Gasteiger partial charge in [-0.1, -0.05) is 23.2 Å². The van der Waals surface area contributed by atoms with E-state index in [-0.39, 0.29) is 15.6 Å². The number of hydrazone groups is 1. The molecule has 0 aliphatic carbocycles. The summed E-state index contributed by atoms with van der Waals surface area (Å²) in [4.78, 5) is 12.2. The average molecular weight is 427 g/mol. The van der Waals surface area contributed by atoms with Crippen molar-refractivity contribution in [3.63, 3.8) is 0 Å². The fourth-order valence-electron chi connectivity index (χ4n) is 2.31. The molecule has 1 N–H and O–H groups in total. The summed E-state index contributed by atoms with van der Waals surface area (Å²) in [6, 6.07) is 9.01. The first-order chi connectivity index (χ1) is 12.7. The minimum Gasteiger partial charge on any atom is -0.282 e. The van der Waals surface area contributed by atoms with E-state index in [4.69, 9.17) is 27.8 Å². The third kappa shape index (κ3) is 4.16. The molecule has 0 bridgehead atoms. The van der Waals surface area contributed by atoms with E-state index in [2.05, 4.69) is 15.3 Å². The molecule has 0 radical (unpaired) electrons. The first kappa shape index (κ1) is 19.4. The Kier molecular flexibility index (Phi) is 5.29. The van der Waals surface area contributed by atoms with Crippen molar-refractivity contribution in [2.45, 2.75) is 17.9 Å². The van der Waals surface area contributed by atoms with Gasteiger partial charge >= 0.3 is 0 Å². The second-order valence-electron chi connectivity index (χ2n) is 5.57. The molecule has 11 heteroatoms. The van der Waals surface area contributed by atoms with Crippen molar-refractivity contribution >= 4 is 56.3 Å². The summed E-state index contributed by atoms with van der Waals surface area (Å²) in [5.41, 5.74) is 0.922. The van der Waals surface area contributed by atoms with Crippen molar-refractivity contribution in [1.82, 2.24) is 0 Å². The van der Waals surface area contributed by atoms with Gasteiger partial charge in [-0.3, -0.25) is 9.35 Å².